The van der Waals surface area contributed by atoms with Gasteiger partial charge in [-0.1, -0.05) is 0 Å². The maximum Gasteiger partial charge on any atom is 0.260 e. The molecule has 124 valence electrons. The van der Waals surface area contributed by atoms with Crippen LogP contribution in [-0.2, 0) is 20.7 Å². The summed E-state index contributed by atoms with van der Waals surface area (Å²) in [4.78, 5) is 25.5. The molecule has 0 aromatic heterocycles. The highest BCUT2D eigenvalue weighted by Gasteiger charge is 2.27. The van der Waals surface area contributed by atoms with Gasteiger partial charge in [0.2, 0.25) is 5.91 Å². The summed E-state index contributed by atoms with van der Waals surface area (Å²) in [5.41, 5.74) is 1.87. The van der Waals surface area contributed by atoms with Crippen LogP contribution in [0.4, 0.5) is 5.69 Å². The number of aryl methyl sites for hydroxylation is 1. The Hall–Kier alpha value is -2.08. The smallest absolute Gasteiger partial charge is 0.260 e. The molecule has 2 heterocycles. The molecule has 2 aliphatic rings. The Bertz CT molecular complexity index is 617. The van der Waals surface area contributed by atoms with Gasteiger partial charge in [0.25, 0.3) is 5.91 Å². The summed E-state index contributed by atoms with van der Waals surface area (Å²) in [7, 11) is 0. The van der Waals surface area contributed by atoms with Crippen LogP contribution in [0.15, 0.2) is 18.2 Å². The lowest BCUT2D eigenvalue weighted by Crippen LogP contribution is -2.51. The summed E-state index contributed by atoms with van der Waals surface area (Å²) in [6, 6.07) is 5.57. The molecule has 1 N–H and O–H groups in total. The summed E-state index contributed by atoms with van der Waals surface area (Å²) in [5.74, 6) is 0.664. The first-order valence-electron chi connectivity index (χ1n) is 7.99. The fourth-order valence-corrected chi connectivity index (χ4v) is 2.93. The number of carbonyl (C=O) groups excluding carboxylic acids is 2. The molecule has 23 heavy (non-hydrogen) atoms. The van der Waals surface area contributed by atoms with E-state index in [2.05, 4.69) is 5.32 Å². The van der Waals surface area contributed by atoms with E-state index in [1.54, 1.807) is 6.07 Å². The molecule has 0 bridgehead atoms. The molecule has 0 aliphatic carbocycles. The normalized spacial score (nSPS) is 23.9. The average Bonchev–Trinajstić information content (AvgIpc) is 2.54. The number of ether oxygens (including phenoxy) is 2. The molecule has 1 fully saturated rings. The van der Waals surface area contributed by atoms with E-state index in [9.17, 15) is 9.59 Å². The molecule has 2 atom stereocenters. The second kappa shape index (κ2) is 6.58. The van der Waals surface area contributed by atoms with Crippen LogP contribution in [0.3, 0.4) is 0 Å². The SMILES string of the molecule is C[C@H]1CN(C(=O)COc2ccc3c(c2)CCC(=O)N3)[C@@H](C)CO1. The van der Waals surface area contributed by atoms with Gasteiger partial charge in [-0.15, -0.1) is 0 Å². The van der Waals surface area contributed by atoms with Crippen LogP contribution in [0.25, 0.3) is 0 Å². The maximum absolute atomic E-state index is 12.3. The number of hydrogen-bond acceptors (Lipinski definition) is 4. The lowest BCUT2D eigenvalue weighted by Gasteiger charge is -2.36. The number of anilines is 1. The second-order valence-corrected chi connectivity index (χ2v) is 6.19. The topological polar surface area (TPSA) is 67.9 Å². The van der Waals surface area contributed by atoms with Gasteiger partial charge in [-0.2, -0.15) is 0 Å². The molecule has 3 rings (SSSR count). The predicted octanol–water partition coefficient (Wildman–Crippen LogP) is 1.59. The first-order valence-corrected chi connectivity index (χ1v) is 7.99. The van der Waals surface area contributed by atoms with Gasteiger partial charge in [0.15, 0.2) is 6.61 Å². The predicted molar refractivity (Wildman–Crippen MR) is 85.5 cm³/mol. The standard InChI is InChI=1S/C17H22N2O4/c1-11-9-22-12(2)8-19(11)17(21)10-23-14-4-5-15-13(7-14)3-6-16(20)18-15/h4-5,7,11-12H,3,6,8-10H2,1-2H3,(H,18,20)/t11-,12-/m0/s1. The second-order valence-electron chi connectivity index (χ2n) is 6.19. The van der Waals surface area contributed by atoms with E-state index in [1.807, 2.05) is 30.9 Å². The molecule has 1 aromatic carbocycles. The zero-order valence-electron chi connectivity index (χ0n) is 13.5. The number of morpholine rings is 1. The molecule has 0 spiro atoms. The van der Waals surface area contributed by atoms with Crippen LogP contribution < -0.4 is 10.1 Å². The van der Waals surface area contributed by atoms with E-state index >= 15 is 0 Å². The van der Waals surface area contributed by atoms with Crippen molar-refractivity contribution in [3.63, 3.8) is 0 Å². The van der Waals surface area contributed by atoms with E-state index in [0.29, 0.717) is 31.7 Å². The van der Waals surface area contributed by atoms with Crippen LogP contribution in [0.2, 0.25) is 0 Å². The van der Waals surface area contributed by atoms with Crippen molar-refractivity contribution in [2.45, 2.75) is 38.8 Å². The van der Waals surface area contributed by atoms with Crippen molar-refractivity contribution in [2.75, 3.05) is 25.1 Å². The van der Waals surface area contributed by atoms with Gasteiger partial charge < -0.3 is 19.7 Å². The molecule has 2 aliphatic heterocycles. The molecule has 1 aromatic rings. The number of nitrogens with zero attached hydrogens (tertiary/aromatic N) is 1. The zero-order chi connectivity index (χ0) is 16.4. The van der Waals surface area contributed by atoms with E-state index in [0.717, 1.165) is 11.3 Å². The highest BCUT2D eigenvalue weighted by atomic mass is 16.5. The van der Waals surface area contributed by atoms with Crippen LogP contribution in [-0.4, -0.2) is 48.6 Å². The maximum atomic E-state index is 12.3. The van der Waals surface area contributed by atoms with Crippen molar-refractivity contribution in [1.29, 1.82) is 0 Å². The highest BCUT2D eigenvalue weighted by molar-refractivity contribution is 5.94. The van der Waals surface area contributed by atoms with Gasteiger partial charge in [-0.05, 0) is 44.0 Å². The van der Waals surface area contributed by atoms with Crippen molar-refractivity contribution in [3.05, 3.63) is 23.8 Å². The van der Waals surface area contributed by atoms with Gasteiger partial charge in [-0.3, -0.25) is 9.59 Å². The molecular weight excluding hydrogens is 296 g/mol. The lowest BCUT2D eigenvalue weighted by atomic mass is 10.0. The minimum Gasteiger partial charge on any atom is -0.484 e. The molecule has 0 saturated carbocycles. The minimum absolute atomic E-state index is 0.0161. The number of nitrogens with one attached hydrogen (secondary N) is 1. The van der Waals surface area contributed by atoms with Crippen molar-refractivity contribution in [1.82, 2.24) is 4.90 Å². The number of carbonyl (C=O) groups is 2. The van der Waals surface area contributed by atoms with Crippen molar-refractivity contribution in [2.24, 2.45) is 0 Å². The summed E-state index contributed by atoms with van der Waals surface area (Å²) in [6.07, 6.45) is 1.24. The van der Waals surface area contributed by atoms with Crippen molar-refractivity contribution >= 4 is 17.5 Å². The number of amides is 2. The Morgan fingerprint density at radius 2 is 2.22 bits per heavy atom. The summed E-state index contributed by atoms with van der Waals surface area (Å²) in [6.45, 7) is 5.11. The highest BCUT2D eigenvalue weighted by Crippen LogP contribution is 2.26. The Labute approximate surface area is 135 Å². The van der Waals surface area contributed by atoms with Crippen LogP contribution in [0.5, 0.6) is 5.75 Å². The molecule has 0 radical (unpaired) electrons. The van der Waals surface area contributed by atoms with Crippen molar-refractivity contribution < 1.29 is 19.1 Å². The van der Waals surface area contributed by atoms with E-state index in [-0.39, 0.29) is 30.6 Å². The Balaban J connectivity index is 1.60. The van der Waals surface area contributed by atoms with Gasteiger partial charge >= 0.3 is 0 Å². The number of benzene rings is 1. The van der Waals surface area contributed by atoms with Crippen molar-refractivity contribution in [3.8, 4) is 5.75 Å². The fraction of sp³-hybridized carbons (Fsp3) is 0.529. The summed E-state index contributed by atoms with van der Waals surface area (Å²) in [5, 5.41) is 2.83. The van der Waals surface area contributed by atoms with Gasteiger partial charge in [0.1, 0.15) is 5.75 Å². The Morgan fingerprint density at radius 1 is 1.39 bits per heavy atom. The molecule has 0 unspecified atom stereocenters. The molecule has 6 nitrogen and oxygen atoms in total. The van der Waals surface area contributed by atoms with E-state index < -0.39 is 0 Å². The number of rotatable bonds is 3. The molecular formula is C17H22N2O4. The average molecular weight is 318 g/mol. The van der Waals surface area contributed by atoms with E-state index in [4.69, 9.17) is 9.47 Å². The van der Waals surface area contributed by atoms with Gasteiger partial charge in [0.05, 0.1) is 18.8 Å². The Morgan fingerprint density at radius 3 is 3.04 bits per heavy atom. The number of hydrogen-bond donors (Lipinski definition) is 1. The largest absolute Gasteiger partial charge is 0.484 e. The van der Waals surface area contributed by atoms with Crippen LogP contribution >= 0.6 is 0 Å². The third kappa shape index (κ3) is 3.64. The van der Waals surface area contributed by atoms with Gasteiger partial charge in [0, 0.05) is 18.7 Å². The summed E-state index contributed by atoms with van der Waals surface area (Å²) >= 11 is 0. The lowest BCUT2D eigenvalue weighted by molar-refractivity contribution is -0.145. The molecule has 1 saturated heterocycles. The molecule has 2 amide bonds. The van der Waals surface area contributed by atoms with Crippen LogP contribution in [0, 0.1) is 0 Å². The van der Waals surface area contributed by atoms with Gasteiger partial charge in [-0.25, -0.2) is 0 Å². The first kappa shape index (κ1) is 15.8. The first-order chi connectivity index (χ1) is 11.0. The van der Waals surface area contributed by atoms with Crippen LogP contribution in [0.1, 0.15) is 25.8 Å². The molecule has 6 heteroatoms. The monoisotopic (exact) mass is 318 g/mol. The third-order valence-corrected chi connectivity index (χ3v) is 4.26. The number of fused-ring (bicyclic) bond motifs is 1. The minimum atomic E-state index is -0.0290. The fourth-order valence-electron chi connectivity index (χ4n) is 2.93. The Kier molecular flexibility index (Phi) is 4.52. The van der Waals surface area contributed by atoms with E-state index in [1.165, 1.54) is 0 Å². The summed E-state index contributed by atoms with van der Waals surface area (Å²) < 4.78 is 11.2. The third-order valence-electron chi connectivity index (χ3n) is 4.26. The zero-order valence-corrected chi connectivity index (χ0v) is 13.5. The quantitative estimate of drug-likeness (QED) is 0.919.